The zero-order valence-corrected chi connectivity index (χ0v) is 17.3. The van der Waals surface area contributed by atoms with Gasteiger partial charge in [-0.15, -0.1) is 10.2 Å². The lowest BCUT2D eigenvalue weighted by molar-refractivity contribution is -0.120. The standard InChI is InChI=1S/C20H22N4O4S/c1-4-24-18(15-7-8-26-12(15)2)22-23-20(24)29-13(3)19(25)21-10-14-5-6-16-17(9-14)28-11-27-16/h5-9,13H,4,10-11H2,1-3H3,(H,21,25)/t13-/m0/s1. The number of carbonyl (C=O) groups is 1. The molecule has 3 aromatic rings. The fourth-order valence-electron chi connectivity index (χ4n) is 3.07. The molecule has 0 aliphatic carbocycles. The summed E-state index contributed by atoms with van der Waals surface area (Å²) >= 11 is 1.38. The van der Waals surface area contributed by atoms with Gasteiger partial charge in [-0.05, 0) is 44.5 Å². The second-order valence-corrected chi connectivity index (χ2v) is 7.91. The number of furan rings is 1. The van der Waals surface area contributed by atoms with E-state index in [1.54, 1.807) is 6.26 Å². The van der Waals surface area contributed by atoms with Crippen molar-refractivity contribution in [1.82, 2.24) is 20.1 Å². The monoisotopic (exact) mass is 414 g/mol. The molecule has 1 aliphatic rings. The molecular formula is C20H22N4O4S. The SMILES string of the molecule is CCn1c(S[C@@H](C)C(=O)NCc2ccc3c(c2)OCO3)nnc1-c1ccoc1C. The minimum atomic E-state index is -0.322. The van der Waals surface area contributed by atoms with Crippen molar-refractivity contribution in [3.8, 4) is 22.9 Å². The van der Waals surface area contributed by atoms with E-state index in [0.29, 0.717) is 24.0 Å². The molecule has 1 atom stereocenters. The molecule has 2 aromatic heterocycles. The Hall–Kier alpha value is -2.94. The predicted molar refractivity (Wildman–Crippen MR) is 108 cm³/mol. The van der Waals surface area contributed by atoms with Crippen molar-refractivity contribution in [3.63, 3.8) is 0 Å². The number of hydrogen-bond acceptors (Lipinski definition) is 7. The number of nitrogens with one attached hydrogen (secondary N) is 1. The van der Waals surface area contributed by atoms with Gasteiger partial charge in [-0.25, -0.2) is 0 Å². The van der Waals surface area contributed by atoms with Crippen LogP contribution in [0.4, 0.5) is 0 Å². The zero-order valence-electron chi connectivity index (χ0n) is 16.5. The largest absolute Gasteiger partial charge is 0.469 e. The first kappa shape index (κ1) is 19.4. The van der Waals surface area contributed by atoms with Crippen LogP contribution in [-0.4, -0.2) is 32.7 Å². The molecule has 0 saturated heterocycles. The van der Waals surface area contributed by atoms with E-state index in [0.717, 1.165) is 28.5 Å². The van der Waals surface area contributed by atoms with E-state index in [9.17, 15) is 4.79 Å². The number of amides is 1. The summed E-state index contributed by atoms with van der Waals surface area (Å²) in [4.78, 5) is 12.6. The molecule has 0 spiro atoms. The number of nitrogens with zero attached hydrogens (tertiary/aromatic N) is 3. The van der Waals surface area contributed by atoms with Crippen LogP contribution < -0.4 is 14.8 Å². The maximum atomic E-state index is 12.6. The molecule has 0 saturated carbocycles. The number of rotatable bonds is 7. The summed E-state index contributed by atoms with van der Waals surface area (Å²) in [5.41, 5.74) is 1.86. The Kier molecular flexibility index (Phi) is 5.48. The van der Waals surface area contributed by atoms with Crippen molar-refractivity contribution in [2.45, 2.75) is 44.3 Å². The maximum absolute atomic E-state index is 12.6. The Morgan fingerprint density at radius 3 is 2.86 bits per heavy atom. The first-order valence-corrected chi connectivity index (χ1v) is 10.2. The number of thioether (sulfide) groups is 1. The lowest BCUT2D eigenvalue weighted by atomic mass is 10.2. The van der Waals surface area contributed by atoms with E-state index in [2.05, 4.69) is 15.5 Å². The Morgan fingerprint density at radius 1 is 1.28 bits per heavy atom. The molecule has 29 heavy (non-hydrogen) atoms. The Labute approximate surface area is 172 Å². The van der Waals surface area contributed by atoms with Crippen molar-refractivity contribution >= 4 is 17.7 Å². The second kappa shape index (κ2) is 8.20. The molecule has 8 nitrogen and oxygen atoms in total. The molecule has 1 amide bonds. The van der Waals surface area contributed by atoms with Gasteiger partial charge < -0.3 is 23.8 Å². The summed E-state index contributed by atoms with van der Waals surface area (Å²) < 4.78 is 18.1. The third-order valence-corrected chi connectivity index (χ3v) is 5.77. The third-order valence-electron chi connectivity index (χ3n) is 4.69. The number of carbonyl (C=O) groups excluding carboxylic acids is 1. The molecule has 0 radical (unpaired) electrons. The van der Waals surface area contributed by atoms with E-state index in [1.165, 1.54) is 11.8 Å². The summed E-state index contributed by atoms with van der Waals surface area (Å²) in [5, 5.41) is 11.9. The minimum absolute atomic E-state index is 0.0700. The average Bonchev–Trinajstić information content (AvgIpc) is 3.44. The smallest absolute Gasteiger partial charge is 0.233 e. The molecule has 0 bridgehead atoms. The van der Waals surface area contributed by atoms with Crippen LogP contribution in [0.1, 0.15) is 25.2 Å². The number of aromatic nitrogens is 3. The number of fused-ring (bicyclic) bond motifs is 1. The van der Waals surface area contributed by atoms with Crippen LogP contribution in [-0.2, 0) is 17.9 Å². The van der Waals surface area contributed by atoms with Gasteiger partial charge in [-0.2, -0.15) is 0 Å². The van der Waals surface area contributed by atoms with Crippen molar-refractivity contribution < 1.29 is 18.7 Å². The van der Waals surface area contributed by atoms with Gasteiger partial charge in [-0.3, -0.25) is 4.79 Å². The topological polar surface area (TPSA) is 91.4 Å². The Balaban J connectivity index is 1.40. The van der Waals surface area contributed by atoms with E-state index in [1.807, 2.05) is 49.6 Å². The van der Waals surface area contributed by atoms with Gasteiger partial charge in [0.15, 0.2) is 22.5 Å². The highest BCUT2D eigenvalue weighted by atomic mass is 32.2. The first-order chi connectivity index (χ1) is 14.1. The van der Waals surface area contributed by atoms with E-state index >= 15 is 0 Å². The highest BCUT2D eigenvalue weighted by Crippen LogP contribution is 2.32. The van der Waals surface area contributed by atoms with Gasteiger partial charge in [0.05, 0.1) is 17.1 Å². The molecule has 1 aliphatic heterocycles. The number of ether oxygens (including phenoxy) is 2. The van der Waals surface area contributed by atoms with Gasteiger partial charge in [-0.1, -0.05) is 17.8 Å². The van der Waals surface area contributed by atoms with Gasteiger partial charge in [0.2, 0.25) is 12.7 Å². The molecule has 0 fully saturated rings. The van der Waals surface area contributed by atoms with Crippen LogP contribution in [0.3, 0.4) is 0 Å². The number of benzene rings is 1. The molecule has 4 rings (SSSR count). The highest BCUT2D eigenvalue weighted by molar-refractivity contribution is 8.00. The molecular weight excluding hydrogens is 392 g/mol. The van der Waals surface area contributed by atoms with Crippen LogP contribution >= 0.6 is 11.8 Å². The quantitative estimate of drug-likeness (QED) is 0.593. The summed E-state index contributed by atoms with van der Waals surface area (Å²) in [5.74, 6) is 2.90. The maximum Gasteiger partial charge on any atom is 0.233 e. The summed E-state index contributed by atoms with van der Waals surface area (Å²) in [6, 6.07) is 7.53. The van der Waals surface area contributed by atoms with Crippen LogP contribution in [0.5, 0.6) is 11.5 Å². The van der Waals surface area contributed by atoms with Gasteiger partial charge in [0, 0.05) is 13.1 Å². The van der Waals surface area contributed by atoms with E-state index < -0.39 is 0 Å². The van der Waals surface area contributed by atoms with Crippen molar-refractivity contribution in [3.05, 3.63) is 41.9 Å². The van der Waals surface area contributed by atoms with Crippen LogP contribution in [0.25, 0.3) is 11.4 Å². The lowest BCUT2D eigenvalue weighted by Crippen LogP contribution is -2.30. The lowest BCUT2D eigenvalue weighted by Gasteiger charge is -2.13. The van der Waals surface area contributed by atoms with Crippen molar-refractivity contribution in [2.75, 3.05) is 6.79 Å². The van der Waals surface area contributed by atoms with Gasteiger partial charge >= 0.3 is 0 Å². The summed E-state index contributed by atoms with van der Waals surface area (Å²) in [7, 11) is 0. The molecule has 1 aromatic carbocycles. The van der Waals surface area contributed by atoms with E-state index in [-0.39, 0.29) is 18.0 Å². The fraction of sp³-hybridized carbons (Fsp3) is 0.350. The average molecular weight is 414 g/mol. The molecule has 0 unspecified atom stereocenters. The van der Waals surface area contributed by atoms with Crippen molar-refractivity contribution in [2.24, 2.45) is 0 Å². The minimum Gasteiger partial charge on any atom is -0.469 e. The molecule has 1 N–H and O–H groups in total. The predicted octanol–water partition coefficient (Wildman–Crippen LogP) is 3.39. The zero-order chi connectivity index (χ0) is 20.4. The normalized spacial score (nSPS) is 13.5. The number of hydrogen-bond donors (Lipinski definition) is 1. The summed E-state index contributed by atoms with van der Waals surface area (Å²) in [6.45, 7) is 7.12. The van der Waals surface area contributed by atoms with Gasteiger partial charge in [0.25, 0.3) is 0 Å². The Bertz CT molecular complexity index is 1030. The first-order valence-electron chi connectivity index (χ1n) is 9.37. The third kappa shape index (κ3) is 3.95. The van der Waals surface area contributed by atoms with Crippen molar-refractivity contribution in [1.29, 1.82) is 0 Å². The molecule has 152 valence electrons. The second-order valence-electron chi connectivity index (χ2n) is 6.61. The molecule has 3 heterocycles. The van der Waals surface area contributed by atoms with Crippen LogP contribution in [0, 0.1) is 6.92 Å². The highest BCUT2D eigenvalue weighted by Gasteiger charge is 2.21. The fourth-order valence-corrected chi connectivity index (χ4v) is 4.01. The Morgan fingerprint density at radius 2 is 2.10 bits per heavy atom. The molecule has 9 heteroatoms. The van der Waals surface area contributed by atoms with E-state index in [4.69, 9.17) is 13.9 Å². The van der Waals surface area contributed by atoms with Crippen LogP contribution in [0.15, 0.2) is 40.1 Å². The summed E-state index contributed by atoms with van der Waals surface area (Å²) in [6.07, 6.45) is 1.64. The van der Waals surface area contributed by atoms with Crippen LogP contribution in [0.2, 0.25) is 0 Å². The number of aryl methyl sites for hydroxylation is 1. The van der Waals surface area contributed by atoms with Gasteiger partial charge in [0.1, 0.15) is 5.76 Å².